The van der Waals surface area contributed by atoms with Gasteiger partial charge >= 0.3 is 0 Å². The zero-order chi connectivity index (χ0) is 22.6. The van der Waals surface area contributed by atoms with E-state index in [1.54, 1.807) is 6.21 Å². The summed E-state index contributed by atoms with van der Waals surface area (Å²) < 4.78 is 6.01. The van der Waals surface area contributed by atoms with Crippen molar-refractivity contribution in [1.29, 1.82) is 0 Å². The van der Waals surface area contributed by atoms with E-state index in [-0.39, 0.29) is 5.41 Å². The summed E-state index contributed by atoms with van der Waals surface area (Å²) in [5.74, 6) is 1.58. The van der Waals surface area contributed by atoms with Gasteiger partial charge in [0.2, 0.25) is 0 Å². The first kappa shape index (κ1) is 22.0. The summed E-state index contributed by atoms with van der Waals surface area (Å²) in [6.07, 6.45) is 3.71. The van der Waals surface area contributed by atoms with Crippen molar-refractivity contribution in [2.24, 2.45) is 5.10 Å². The molecule has 4 rings (SSSR count). The molecular weight excluding hydrogens is 414 g/mol. The summed E-state index contributed by atoms with van der Waals surface area (Å²) in [5.41, 5.74) is 8.04. The van der Waals surface area contributed by atoms with Crippen LogP contribution in [0.25, 0.3) is 0 Å². The lowest BCUT2D eigenvalue weighted by atomic mass is 9.87. The van der Waals surface area contributed by atoms with Crippen LogP contribution < -0.4 is 15.5 Å². The molecule has 3 aromatic carbocycles. The average molecular weight is 444 g/mol. The van der Waals surface area contributed by atoms with Crippen LogP contribution in [0.3, 0.4) is 0 Å². The lowest BCUT2D eigenvalue weighted by molar-refractivity contribution is 0.481. The van der Waals surface area contributed by atoms with Gasteiger partial charge in [0.1, 0.15) is 11.5 Å². The Balaban J connectivity index is 1.29. The van der Waals surface area contributed by atoms with Gasteiger partial charge in [0.25, 0.3) is 0 Å². The SMILES string of the molecule is CC(C)(C)c1ccc(Oc2cccc(C=NNC(=S)NC3Cc4ccccc4C3)c2)cc1. The molecule has 4 nitrogen and oxygen atoms in total. The molecule has 32 heavy (non-hydrogen) atoms. The zero-order valence-electron chi connectivity index (χ0n) is 18.8. The van der Waals surface area contributed by atoms with Crippen LogP contribution in [0.1, 0.15) is 43.0 Å². The number of fused-ring (bicyclic) bond motifs is 1. The number of hydrogen-bond donors (Lipinski definition) is 2. The number of nitrogens with one attached hydrogen (secondary N) is 2. The van der Waals surface area contributed by atoms with E-state index in [0.29, 0.717) is 11.2 Å². The molecule has 1 aliphatic carbocycles. The molecule has 0 atom stereocenters. The summed E-state index contributed by atoms with van der Waals surface area (Å²) in [6.45, 7) is 6.61. The minimum atomic E-state index is 0.124. The monoisotopic (exact) mass is 443 g/mol. The molecule has 0 heterocycles. The van der Waals surface area contributed by atoms with Crippen LogP contribution in [0.5, 0.6) is 11.5 Å². The summed E-state index contributed by atoms with van der Waals surface area (Å²) in [7, 11) is 0. The van der Waals surface area contributed by atoms with E-state index in [1.807, 2.05) is 36.4 Å². The molecule has 3 aromatic rings. The first-order chi connectivity index (χ1) is 15.4. The van der Waals surface area contributed by atoms with Gasteiger partial charge in [0.05, 0.1) is 6.21 Å². The summed E-state index contributed by atoms with van der Waals surface area (Å²) >= 11 is 5.41. The second kappa shape index (κ2) is 9.53. The zero-order valence-corrected chi connectivity index (χ0v) is 19.6. The molecule has 164 valence electrons. The molecule has 0 bridgehead atoms. The second-order valence-corrected chi connectivity index (χ2v) is 9.57. The van der Waals surface area contributed by atoms with Gasteiger partial charge < -0.3 is 10.1 Å². The van der Waals surface area contributed by atoms with Crippen molar-refractivity contribution >= 4 is 23.5 Å². The highest BCUT2D eigenvalue weighted by Crippen LogP contribution is 2.27. The van der Waals surface area contributed by atoms with Crippen LogP contribution >= 0.6 is 12.2 Å². The van der Waals surface area contributed by atoms with Crippen molar-refractivity contribution in [3.63, 3.8) is 0 Å². The molecule has 2 N–H and O–H groups in total. The fourth-order valence-electron chi connectivity index (χ4n) is 3.86. The number of rotatable bonds is 5. The van der Waals surface area contributed by atoms with Gasteiger partial charge in [-0.2, -0.15) is 5.10 Å². The Kier molecular flexibility index (Phi) is 6.56. The molecule has 5 heteroatoms. The Labute approximate surface area is 195 Å². The van der Waals surface area contributed by atoms with Crippen molar-refractivity contribution in [1.82, 2.24) is 10.7 Å². The van der Waals surface area contributed by atoms with Crippen LogP contribution in [-0.2, 0) is 18.3 Å². The predicted molar refractivity (Wildman–Crippen MR) is 136 cm³/mol. The third kappa shape index (κ3) is 5.74. The molecule has 1 aliphatic rings. The van der Waals surface area contributed by atoms with E-state index in [1.165, 1.54) is 16.7 Å². The highest BCUT2D eigenvalue weighted by Gasteiger charge is 2.21. The number of hydrazone groups is 1. The lowest BCUT2D eigenvalue weighted by Crippen LogP contribution is -2.40. The van der Waals surface area contributed by atoms with Gasteiger partial charge in [0, 0.05) is 6.04 Å². The second-order valence-electron chi connectivity index (χ2n) is 9.17. The van der Waals surface area contributed by atoms with E-state index in [0.717, 1.165) is 29.9 Å². The molecule has 0 spiro atoms. The van der Waals surface area contributed by atoms with E-state index in [2.05, 4.69) is 73.0 Å². The summed E-state index contributed by atoms with van der Waals surface area (Å²) in [4.78, 5) is 0. The van der Waals surface area contributed by atoms with Crippen molar-refractivity contribution < 1.29 is 4.74 Å². The largest absolute Gasteiger partial charge is 0.457 e. The maximum absolute atomic E-state index is 6.01. The van der Waals surface area contributed by atoms with Gasteiger partial charge in [-0.05, 0) is 77.0 Å². The van der Waals surface area contributed by atoms with Crippen molar-refractivity contribution in [2.45, 2.75) is 45.1 Å². The molecule has 0 unspecified atom stereocenters. The third-order valence-corrected chi connectivity index (χ3v) is 5.79. The maximum atomic E-state index is 6.01. The van der Waals surface area contributed by atoms with Crippen LogP contribution in [0, 0.1) is 0 Å². The Bertz CT molecular complexity index is 1090. The number of nitrogens with zero attached hydrogens (tertiary/aromatic N) is 1. The molecule has 0 radical (unpaired) electrons. The molecule has 0 fully saturated rings. The maximum Gasteiger partial charge on any atom is 0.187 e. The normalized spacial score (nSPS) is 13.7. The predicted octanol–water partition coefficient (Wildman–Crippen LogP) is 5.74. The summed E-state index contributed by atoms with van der Waals surface area (Å²) in [5, 5.41) is 8.17. The van der Waals surface area contributed by atoms with E-state index in [4.69, 9.17) is 17.0 Å². The van der Waals surface area contributed by atoms with Crippen LogP contribution in [0.2, 0.25) is 0 Å². The van der Waals surface area contributed by atoms with Gasteiger partial charge in [-0.1, -0.05) is 69.3 Å². The topological polar surface area (TPSA) is 45.6 Å². The molecular formula is C27H29N3OS. The van der Waals surface area contributed by atoms with Gasteiger partial charge in [-0.3, -0.25) is 5.43 Å². The van der Waals surface area contributed by atoms with Crippen molar-refractivity contribution in [2.75, 3.05) is 0 Å². The Hall–Kier alpha value is -3.18. The molecule has 0 aromatic heterocycles. The molecule has 0 aliphatic heterocycles. The first-order valence-corrected chi connectivity index (χ1v) is 11.3. The Morgan fingerprint density at radius 1 is 0.938 bits per heavy atom. The third-order valence-electron chi connectivity index (χ3n) is 5.58. The molecule has 0 saturated carbocycles. The quantitative estimate of drug-likeness (QED) is 0.300. The van der Waals surface area contributed by atoms with Gasteiger partial charge in [-0.25, -0.2) is 0 Å². The van der Waals surface area contributed by atoms with Crippen LogP contribution in [-0.4, -0.2) is 17.4 Å². The minimum Gasteiger partial charge on any atom is -0.457 e. The first-order valence-electron chi connectivity index (χ1n) is 10.9. The average Bonchev–Trinajstić information content (AvgIpc) is 3.16. The van der Waals surface area contributed by atoms with E-state index in [9.17, 15) is 0 Å². The molecule has 0 saturated heterocycles. The van der Waals surface area contributed by atoms with Crippen LogP contribution in [0.15, 0.2) is 77.9 Å². The number of hydrogen-bond acceptors (Lipinski definition) is 3. The molecule has 0 amide bonds. The Morgan fingerprint density at radius 3 is 2.28 bits per heavy atom. The number of benzene rings is 3. The van der Waals surface area contributed by atoms with Gasteiger partial charge in [-0.15, -0.1) is 0 Å². The smallest absolute Gasteiger partial charge is 0.187 e. The fourth-order valence-corrected chi connectivity index (χ4v) is 4.08. The number of thiocarbonyl (C=S) groups is 1. The van der Waals surface area contributed by atoms with Crippen molar-refractivity contribution in [3.8, 4) is 11.5 Å². The van der Waals surface area contributed by atoms with Crippen molar-refractivity contribution in [3.05, 3.63) is 95.1 Å². The fraction of sp³-hybridized carbons (Fsp3) is 0.259. The van der Waals surface area contributed by atoms with Gasteiger partial charge in [0.15, 0.2) is 5.11 Å². The van der Waals surface area contributed by atoms with E-state index < -0.39 is 0 Å². The standard InChI is InChI=1S/C27H29N3OS/c1-27(2,3)22-11-13-24(14-12-22)31-25-10-6-7-19(15-25)18-28-30-26(32)29-23-16-20-8-4-5-9-21(20)17-23/h4-15,18,23H,16-17H2,1-3H3,(H2,29,30,32). The highest BCUT2D eigenvalue weighted by molar-refractivity contribution is 7.80. The highest BCUT2D eigenvalue weighted by atomic mass is 32.1. The number of ether oxygens (including phenoxy) is 1. The minimum absolute atomic E-state index is 0.124. The summed E-state index contributed by atoms with van der Waals surface area (Å²) in [6, 6.07) is 24.9. The Morgan fingerprint density at radius 2 is 1.62 bits per heavy atom. The lowest BCUT2D eigenvalue weighted by Gasteiger charge is -2.19. The van der Waals surface area contributed by atoms with E-state index >= 15 is 0 Å². The van der Waals surface area contributed by atoms with Crippen LogP contribution in [0.4, 0.5) is 0 Å².